The van der Waals surface area contributed by atoms with Crippen molar-refractivity contribution in [3.63, 3.8) is 0 Å². The number of thioether (sulfide) groups is 1. The Kier molecular flexibility index (Phi) is 73.5. The minimum absolute atomic E-state index is 0.00755. The molecule has 0 aliphatic heterocycles. The van der Waals surface area contributed by atoms with E-state index in [1.807, 2.05) is 0 Å². The van der Waals surface area contributed by atoms with Gasteiger partial charge >= 0.3 is 17.9 Å². The van der Waals surface area contributed by atoms with Crippen molar-refractivity contribution in [3.05, 3.63) is 0 Å². The number of esters is 2. The molecule has 0 fully saturated rings. The number of hydrogen-bond donors (Lipinski definition) is 15. The summed E-state index contributed by atoms with van der Waals surface area (Å²) in [6.07, 6.45) is 34.6. The average molecular weight is 1450 g/mol. The van der Waals surface area contributed by atoms with E-state index in [0.717, 1.165) is 59.3 Å². The van der Waals surface area contributed by atoms with Crippen molar-refractivity contribution in [1.29, 1.82) is 0 Å². The van der Waals surface area contributed by atoms with Crippen LogP contribution in [0.25, 0.3) is 0 Å². The van der Waals surface area contributed by atoms with Gasteiger partial charge in [-0.3, -0.25) is 47.9 Å². The zero-order valence-electron chi connectivity index (χ0n) is 61.8. The molecule has 7 atom stereocenters. The number of aliphatic hydroxyl groups excluding tert-OH is 1. The first-order chi connectivity index (χ1) is 47.8. The van der Waals surface area contributed by atoms with E-state index in [4.69, 9.17) is 67.8 Å². The second-order valence-electron chi connectivity index (χ2n) is 25.4. The lowest BCUT2D eigenvalue weighted by atomic mass is 10.0. The number of carbonyl (C=O) groups excluding carboxylic acids is 7. The highest BCUT2D eigenvalue weighted by Crippen LogP contribution is 2.18. The number of carboxylic acid groups (broad SMARTS) is 4. The fraction of sp³-hybridized carbons (Fsp3) is 0.845. The van der Waals surface area contributed by atoms with Crippen molar-refractivity contribution in [2.75, 3.05) is 50.9 Å². The van der Waals surface area contributed by atoms with Gasteiger partial charge in [0.05, 0.1) is 12.6 Å². The van der Waals surface area contributed by atoms with Crippen LogP contribution in [0.2, 0.25) is 0 Å². The topological polar surface area (TPSA) is 498 Å². The molecule has 20 N–H and O–H groups in total. The molecule has 0 aliphatic carbocycles. The molecular formula is C71H138N10O18S. The van der Waals surface area contributed by atoms with E-state index in [-0.39, 0.29) is 69.2 Å². The van der Waals surface area contributed by atoms with Gasteiger partial charge in [0.2, 0.25) is 29.5 Å². The Bertz CT molecular complexity index is 2080. The van der Waals surface area contributed by atoms with E-state index in [9.17, 15) is 48.6 Å². The molecule has 0 saturated heterocycles. The molecular weight excluding hydrogens is 1310 g/mol. The largest absolute Gasteiger partial charge is 0.481 e. The smallest absolute Gasteiger partial charge is 0.326 e. The number of nitrogens with two attached hydrogens (primary N) is 5. The number of amides is 5. The maximum Gasteiger partial charge on any atom is 0.326 e. The number of carboxylic acids is 4. The lowest BCUT2D eigenvalue weighted by Gasteiger charge is -2.27. The number of unbranched alkanes of at least 4 members (excludes halogenated alkanes) is 28. The van der Waals surface area contributed by atoms with E-state index in [1.54, 1.807) is 0 Å². The molecule has 0 bridgehead atoms. The van der Waals surface area contributed by atoms with E-state index in [0.29, 0.717) is 83.8 Å². The molecule has 0 radical (unpaired) electrons. The van der Waals surface area contributed by atoms with Gasteiger partial charge in [-0.25, -0.2) is 4.79 Å². The molecule has 0 spiro atoms. The summed E-state index contributed by atoms with van der Waals surface area (Å²) >= 11 is 1.20. The summed E-state index contributed by atoms with van der Waals surface area (Å²) in [4.78, 5) is 134. The third-order valence-corrected chi connectivity index (χ3v) is 17.0. The minimum atomic E-state index is -1.54. The summed E-state index contributed by atoms with van der Waals surface area (Å²) in [5.41, 5.74) is 29.1. The maximum atomic E-state index is 14.1. The number of ether oxygens (including phenoxy) is 2. The van der Waals surface area contributed by atoms with Crippen LogP contribution in [0.15, 0.2) is 0 Å². The Labute approximate surface area is 602 Å². The van der Waals surface area contributed by atoms with Crippen molar-refractivity contribution in [2.45, 2.75) is 334 Å². The highest BCUT2D eigenvalue weighted by Gasteiger charge is 2.33. The zero-order chi connectivity index (χ0) is 76.0. The van der Waals surface area contributed by atoms with E-state index in [1.165, 1.54) is 127 Å². The SMILES string of the molecule is CC(=O)O.CC(=O)O.CC(=O)O.CCCCCCCCCCCCCCCC(=O)OCC(CSC[C@H](N)C(=O)N[C@@H](CO)C(=O)N[C@@H](CCCCN)C(=O)N[C@@H](CCCCN)C(=O)N[C@@H](CCCCN)C(=O)N[C@@H](CCCCN)C(=O)O)OC(=O)CCCCCCCCCCCCCCC. The summed E-state index contributed by atoms with van der Waals surface area (Å²) in [5, 5.41) is 55.5. The number of aliphatic carboxylic acids is 4. The molecule has 100 heavy (non-hydrogen) atoms. The van der Waals surface area contributed by atoms with Crippen LogP contribution in [0, 0.1) is 0 Å². The lowest BCUT2D eigenvalue weighted by molar-refractivity contribution is -0.157. The van der Waals surface area contributed by atoms with Crippen LogP contribution in [-0.2, 0) is 62.2 Å². The Balaban J connectivity index is -0.00000352. The maximum absolute atomic E-state index is 14.1. The number of rotatable bonds is 63. The molecule has 0 heterocycles. The number of aliphatic hydroxyl groups is 1. The van der Waals surface area contributed by atoms with E-state index >= 15 is 0 Å². The van der Waals surface area contributed by atoms with Crippen LogP contribution in [0.4, 0.5) is 0 Å². The number of hydrogen-bond acceptors (Lipinski definition) is 20. The van der Waals surface area contributed by atoms with Crippen LogP contribution in [0.3, 0.4) is 0 Å². The zero-order valence-corrected chi connectivity index (χ0v) is 62.6. The van der Waals surface area contributed by atoms with Crippen molar-refractivity contribution in [1.82, 2.24) is 26.6 Å². The minimum Gasteiger partial charge on any atom is -0.481 e. The summed E-state index contributed by atoms with van der Waals surface area (Å²) in [5.74, 6) is -8.21. The first-order valence-corrected chi connectivity index (χ1v) is 38.4. The molecule has 586 valence electrons. The summed E-state index contributed by atoms with van der Waals surface area (Å²) in [6.45, 7) is 7.97. The number of nitrogens with one attached hydrogen (secondary N) is 5. The lowest BCUT2D eigenvalue weighted by Crippen LogP contribution is -2.59. The van der Waals surface area contributed by atoms with Crippen LogP contribution < -0.4 is 55.3 Å². The summed E-state index contributed by atoms with van der Waals surface area (Å²) in [6, 6.07) is -7.60. The fourth-order valence-corrected chi connectivity index (χ4v) is 11.2. The highest BCUT2D eigenvalue weighted by molar-refractivity contribution is 7.99. The third-order valence-electron chi connectivity index (χ3n) is 15.8. The molecule has 0 aromatic heterocycles. The monoisotopic (exact) mass is 1450 g/mol. The van der Waals surface area contributed by atoms with Crippen molar-refractivity contribution in [2.24, 2.45) is 28.7 Å². The van der Waals surface area contributed by atoms with Gasteiger partial charge in [0.25, 0.3) is 17.9 Å². The van der Waals surface area contributed by atoms with Crippen molar-refractivity contribution < 1.29 is 87.7 Å². The molecule has 0 aliphatic rings. The average Bonchev–Trinajstić information content (AvgIpc) is 0.867. The first kappa shape index (κ1) is 101. The Morgan fingerprint density at radius 1 is 0.360 bits per heavy atom. The molecule has 28 nitrogen and oxygen atoms in total. The normalized spacial score (nSPS) is 12.8. The van der Waals surface area contributed by atoms with Crippen LogP contribution in [0.5, 0.6) is 0 Å². The van der Waals surface area contributed by atoms with Crippen LogP contribution in [0.1, 0.15) is 291 Å². The standard InChI is InChI=1S/C65H126N10O12S.3C2H4O2/c1-3-5-7-9-11-13-15-17-19-21-23-25-27-41-58(77)86-48-51(87-59(78)42-28-26-24-22-20-18-16-14-12-10-8-6-4-2)49-88-50-52(70)60(79)75-57(47-76)64(83)73-54(38-30-34-44-67)62(81)71-53(37-29-33-43-66)61(80)72-55(39-31-35-45-68)63(82)74-56(65(84)85)40-32-36-46-69;3*1-2(3)4/h51-57,76H,3-50,66-70H2,1-2H3,(H,71,81)(H,72,80)(H,73,83)(H,74,82)(H,75,79)(H,84,85);3*1H3,(H,3,4)/t51?,52-,53-,54-,55-,56-,57-;;;/m0.../s1. The molecule has 0 saturated carbocycles. The molecule has 0 rings (SSSR count). The highest BCUT2D eigenvalue weighted by atomic mass is 32.2. The second-order valence-corrected chi connectivity index (χ2v) is 26.5. The van der Waals surface area contributed by atoms with E-state index < -0.39 is 108 Å². The van der Waals surface area contributed by atoms with Crippen molar-refractivity contribution in [3.8, 4) is 0 Å². The molecule has 1 unspecified atom stereocenters. The molecule has 29 heteroatoms. The predicted octanol–water partition coefficient (Wildman–Crippen LogP) is 7.75. The predicted molar refractivity (Wildman–Crippen MR) is 393 cm³/mol. The molecule has 0 aromatic rings. The summed E-state index contributed by atoms with van der Waals surface area (Å²) < 4.78 is 11.5. The van der Waals surface area contributed by atoms with Gasteiger partial charge in [-0.1, -0.05) is 168 Å². The van der Waals surface area contributed by atoms with Gasteiger partial charge in [0, 0.05) is 45.1 Å². The Morgan fingerprint density at radius 2 is 0.630 bits per heavy atom. The first-order valence-electron chi connectivity index (χ1n) is 37.2. The molecule has 5 amide bonds. The van der Waals surface area contributed by atoms with Gasteiger partial charge < -0.3 is 90.3 Å². The quantitative estimate of drug-likeness (QED) is 0.0204. The van der Waals surface area contributed by atoms with Crippen LogP contribution >= 0.6 is 11.8 Å². The van der Waals surface area contributed by atoms with Gasteiger partial charge in [-0.15, -0.1) is 0 Å². The van der Waals surface area contributed by atoms with Gasteiger partial charge in [0.15, 0.2) is 0 Å². The van der Waals surface area contributed by atoms with Gasteiger partial charge in [-0.2, -0.15) is 11.8 Å². The Morgan fingerprint density at radius 3 is 0.930 bits per heavy atom. The van der Waals surface area contributed by atoms with Crippen LogP contribution in [-0.4, -0.2) is 184 Å². The Hall–Kier alpha value is -5.72. The van der Waals surface area contributed by atoms with Gasteiger partial charge in [0.1, 0.15) is 42.9 Å². The second kappa shape index (κ2) is 73.0. The number of carbonyl (C=O) groups is 11. The van der Waals surface area contributed by atoms with Gasteiger partial charge in [-0.05, 0) is 116 Å². The molecule has 0 aromatic carbocycles. The summed E-state index contributed by atoms with van der Waals surface area (Å²) in [7, 11) is 0. The fourth-order valence-electron chi connectivity index (χ4n) is 10.2. The van der Waals surface area contributed by atoms with E-state index in [2.05, 4.69) is 40.4 Å². The van der Waals surface area contributed by atoms with Crippen molar-refractivity contribution >= 4 is 77.1 Å². The third kappa shape index (κ3) is 69.4.